The zero-order chi connectivity index (χ0) is 20.9. The molecule has 0 aliphatic carbocycles. The minimum absolute atomic E-state index is 0.129. The third kappa shape index (κ3) is 4.63. The number of hydrogen-bond donors (Lipinski definition) is 0. The second-order valence-corrected chi connectivity index (χ2v) is 8.15. The zero-order valence-electron chi connectivity index (χ0n) is 16.8. The van der Waals surface area contributed by atoms with E-state index in [0.717, 1.165) is 4.31 Å². The van der Waals surface area contributed by atoms with Crippen molar-refractivity contribution in [1.29, 1.82) is 0 Å². The lowest BCUT2D eigenvalue weighted by Gasteiger charge is -2.24. The van der Waals surface area contributed by atoms with Crippen molar-refractivity contribution in [2.24, 2.45) is 0 Å². The van der Waals surface area contributed by atoms with Crippen molar-refractivity contribution in [1.82, 2.24) is 4.31 Å². The average molecular weight is 407 g/mol. The van der Waals surface area contributed by atoms with Gasteiger partial charge in [0.15, 0.2) is 0 Å². The summed E-state index contributed by atoms with van der Waals surface area (Å²) >= 11 is 0. The topological polar surface area (TPSA) is 76.2 Å². The van der Waals surface area contributed by atoms with E-state index in [9.17, 15) is 13.2 Å². The second kappa shape index (κ2) is 9.07. The summed E-state index contributed by atoms with van der Waals surface area (Å²) in [6, 6.07) is 11.7. The van der Waals surface area contributed by atoms with Gasteiger partial charge in [-0.25, -0.2) is 8.42 Å². The highest BCUT2D eigenvalue weighted by Crippen LogP contribution is 2.24. The predicted molar refractivity (Wildman–Crippen MR) is 109 cm³/mol. The van der Waals surface area contributed by atoms with Gasteiger partial charge in [-0.3, -0.25) is 4.79 Å². The first kappa shape index (κ1) is 21.7. The first-order chi connectivity index (χ1) is 13.2. The number of aryl methyl sites for hydroxylation is 1. The van der Waals surface area contributed by atoms with Crippen molar-refractivity contribution < 1.29 is 22.7 Å². The van der Waals surface area contributed by atoms with Gasteiger partial charge in [0.1, 0.15) is 11.5 Å². The maximum absolute atomic E-state index is 13.0. The molecule has 0 atom stereocenters. The number of benzene rings is 2. The van der Waals surface area contributed by atoms with Gasteiger partial charge in [-0.1, -0.05) is 13.0 Å². The Labute approximate surface area is 166 Å². The van der Waals surface area contributed by atoms with Crippen molar-refractivity contribution >= 4 is 21.6 Å². The van der Waals surface area contributed by atoms with E-state index in [1.54, 1.807) is 64.4 Å². The number of amides is 1. The molecule has 0 fully saturated rings. The number of sulfonamides is 1. The number of hydrogen-bond acceptors (Lipinski definition) is 5. The molecule has 1 amide bonds. The van der Waals surface area contributed by atoms with E-state index in [0.29, 0.717) is 22.7 Å². The Bertz CT molecular complexity index is 943. The minimum Gasteiger partial charge on any atom is -0.497 e. The molecule has 0 aliphatic heterocycles. The van der Waals surface area contributed by atoms with Gasteiger partial charge in [-0.05, 0) is 42.8 Å². The van der Waals surface area contributed by atoms with E-state index in [2.05, 4.69) is 0 Å². The summed E-state index contributed by atoms with van der Waals surface area (Å²) in [6.45, 7) is 3.38. The van der Waals surface area contributed by atoms with E-state index < -0.39 is 10.0 Å². The molecule has 152 valence electrons. The van der Waals surface area contributed by atoms with Crippen LogP contribution < -0.4 is 14.4 Å². The van der Waals surface area contributed by atoms with Crippen LogP contribution in [0.4, 0.5) is 5.69 Å². The lowest BCUT2D eigenvalue weighted by molar-refractivity contribution is -0.118. The lowest BCUT2D eigenvalue weighted by atomic mass is 10.2. The Balaban J connectivity index is 2.24. The first-order valence-corrected chi connectivity index (χ1v) is 10.2. The highest BCUT2D eigenvalue weighted by atomic mass is 32.2. The van der Waals surface area contributed by atoms with Gasteiger partial charge in [-0.15, -0.1) is 0 Å². The quantitative estimate of drug-likeness (QED) is 0.674. The largest absolute Gasteiger partial charge is 0.497 e. The molecule has 28 heavy (non-hydrogen) atoms. The van der Waals surface area contributed by atoms with Gasteiger partial charge in [0, 0.05) is 25.3 Å². The number of nitrogens with zero attached hydrogens (tertiary/aromatic N) is 2. The number of methoxy groups -OCH3 is 2. The number of carbonyl (C=O) groups is 1. The fraction of sp³-hybridized carbons (Fsp3) is 0.350. The normalized spacial score (nSPS) is 11.4. The Morgan fingerprint density at radius 1 is 1.07 bits per heavy atom. The molecule has 0 aromatic heterocycles. The fourth-order valence-corrected chi connectivity index (χ4v) is 4.23. The van der Waals surface area contributed by atoms with E-state index in [4.69, 9.17) is 9.47 Å². The van der Waals surface area contributed by atoms with E-state index in [-0.39, 0.29) is 23.9 Å². The van der Waals surface area contributed by atoms with Gasteiger partial charge in [0.05, 0.1) is 25.7 Å². The van der Waals surface area contributed by atoms with Crippen LogP contribution in [0.5, 0.6) is 11.5 Å². The van der Waals surface area contributed by atoms with Gasteiger partial charge in [-0.2, -0.15) is 4.31 Å². The third-order valence-electron chi connectivity index (χ3n) is 4.48. The highest BCUT2D eigenvalue weighted by molar-refractivity contribution is 7.89. The summed E-state index contributed by atoms with van der Waals surface area (Å²) in [5.41, 5.74) is 1.33. The van der Waals surface area contributed by atoms with Crippen LogP contribution in [0.3, 0.4) is 0 Å². The molecule has 8 heteroatoms. The number of ether oxygens (including phenoxy) is 2. The Kier molecular flexibility index (Phi) is 7.04. The summed E-state index contributed by atoms with van der Waals surface area (Å²) in [4.78, 5) is 14.3. The molecule has 0 radical (unpaired) electrons. The second-order valence-electron chi connectivity index (χ2n) is 6.22. The molecule has 2 aromatic carbocycles. The number of anilines is 1. The predicted octanol–water partition coefficient (Wildman–Crippen LogP) is 2.69. The van der Waals surface area contributed by atoms with Crippen molar-refractivity contribution in [3.8, 4) is 11.5 Å². The molecule has 0 unspecified atom stereocenters. The zero-order valence-corrected chi connectivity index (χ0v) is 17.6. The summed E-state index contributed by atoms with van der Waals surface area (Å²) in [7, 11) is 0.864. The van der Waals surface area contributed by atoms with E-state index in [1.165, 1.54) is 18.1 Å². The lowest BCUT2D eigenvalue weighted by Crippen LogP contribution is -2.41. The Hall–Kier alpha value is -2.58. The van der Waals surface area contributed by atoms with Crippen LogP contribution in [0.1, 0.15) is 12.5 Å². The van der Waals surface area contributed by atoms with Gasteiger partial charge in [0.2, 0.25) is 15.9 Å². The van der Waals surface area contributed by atoms with Crippen LogP contribution in [0.2, 0.25) is 0 Å². The fourth-order valence-electron chi connectivity index (χ4n) is 2.75. The standard InChI is InChI=1S/C20H26N2O5S/c1-6-22(28(24,25)18-10-11-19(27-5)15(2)12-18)14-20(23)21(3)16-8-7-9-17(13-16)26-4/h7-13H,6,14H2,1-5H3. The van der Waals surface area contributed by atoms with Crippen molar-refractivity contribution in [3.05, 3.63) is 48.0 Å². The molecular formula is C20H26N2O5S. The molecule has 0 aliphatic rings. The third-order valence-corrected chi connectivity index (χ3v) is 6.40. The summed E-state index contributed by atoms with van der Waals surface area (Å²) < 4.78 is 37.5. The van der Waals surface area contributed by atoms with Crippen molar-refractivity contribution in [2.45, 2.75) is 18.7 Å². The Morgan fingerprint density at radius 2 is 1.79 bits per heavy atom. The van der Waals surface area contributed by atoms with Crippen LogP contribution in [0, 0.1) is 6.92 Å². The molecule has 0 N–H and O–H groups in total. The van der Waals surface area contributed by atoms with Gasteiger partial charge < -0.3 is 14.4 Å². The van der Waals surface area contributed by atoms with E-state index in [1.807, 2.05) is 0 Å². The molecule has 0 saturated carbocycles. The smallest absolute Gasteiger partial charge is 0.243 e. The van der Waals surface area contributed by atoms with Crippen LogP contribution in [-0.2, 0) is 14.8 Å². The number of carbonyl (C=O) groups excluding carboxylic acids is 1. The summed E-state index contributed by atoms with van der Waals surface area (Å²) in [5, 5.41) is 0. The highest BCUT2D eigenvalue weighted by Gasteiger charge is 2.27. The first-order valence-electron chi connectivity index (χ1n) is 8.80. The van der Waals surface area contributed by atoms with Crippen molar-refractivity contribution in [3.63, 3.8) is 0 Å². The molecule has 0 saturated heterocycles. The molecule has 0 spiro atoms. The van der Waals surface area contributed by atoms with E-state index >= 15 is 0 Å². The summed E-state index contributed by atoms with van der Waals surface area (Å²) in [6.07, 6.45) is 0. The van der Waals surface area contributed by atoms with Crippen LogP contribution >= 0.6 is 0 Å². The SMILES string of the molecule is CCN(CC(=O)N(C)c1cccc(OC)c1)S(=O)(=O)c1ccc(OC)c(C)c1. The molecular weight excluding hydrogens is 380 g/mol. The maximum Gasteiger partial charge on any atom is 0.243 e. The van der Waals surface area contributed by atoms with Crippen molar-refractivity contribution in [2.75, 3.05) is 39.3 Å². The van der Waals surface area contributed by atoms with Crippen LogP contribution in [0.15, 0.2) is 47.4 Å². The molecule has 2 rings (SSSR count). The Morgan fingerprint density at radius 3 is 2.36 bits per heavy atom. The van der Waals surface area contributed by atoms with Gasteiger partial charge in [0.25, 0.3) is 0 Å². The number of rotatable bonds is 8. The monoisotopic (exact) mass is 406 g/mol. The van der Waals surface area contributed by atoms with Crippen LogP contribution in [-0.4, -0.2) is 53.0 Å². The molecule has 0 bridgehead atoms. The maximum atomic E-state index is 13.0. The van der Waals surface area contributed by atoms with Crippen LogP contribution in [0.25, 0.3) is 0 Å². The molecule has 2 aromatic rings. The molecule has 0 heterocycles. The summed E-state index contributed by atoms with van der Waals surface area (Å²) in [5.74, 6) is 0.880. The number of likely N-dealkylation sites (N-methyl/N-ethyl adjacent to an activating group) is 2. The molecule has 7 nitrogen and oxygen atoms in total. The minimum atomic E-state index is -3.82. The van der Waals surface area contributed by atoms with Gasteiger partial charge >= 0.3 is 0 Å². The average Bonchev–Trinajstić information content (AvgIpc) is 2.70.